The summed E-state index contributed by atoms with van der Waals surface area (Å²) in [6, 6.07) is 14.2. The first-order chi connectivity index (χ1) is 11.7. The molecule has 0 fully saturated rings. The Bertz CT molecular complexity index is 821. The van der Waals surface area contributed by atoms with Gasteiger partial charge in [-0.3, -0.25) is 4.79 Å². The van der Waals surface area contributed by atoms with Crippen molar-refractivity contribution in [1.29, 1.82) is 0 Å². The molecule has 0 heterocycles. The summed E-state index contributed by atoms with van der Waals surface area (Å²) in [7, 11) is -1.70. The SMILES string of the molecule is CN(Cc1ccc(OCC(=O)Nc2ccc(Br)cc2)cc1)S(C)(=O)=O. The van der Waals surface area contributed by atoms with Crippen molar-refractivity contribution in [2.24, 2.45) is 0 Å². The van der Waals surface area contributed by atoms with Gasteiger partial charge in [-0.1, -0.05) is 28.1 Å². The van der Waals surface area contributed by atoms with E-state index in [9.17, 15) is 13.2 Å². The van der Waals surface area contributed by atoms with Crippen LogP contribution in [0.3, 0.4) is 0 Å². The number of halogens is 1. The van der Waals surface area contributed by atoms with Gasteiger partial charge in [0.1, 0.15) is 5.75 Å². The number of nitrogens with one attached hydrogen (secondary N) is 1. The Morgan fingerprint density at radius 1 is 1.12 bits per heavy atom. The van der Waals surface area contributed by atoms with Crippen LogP contribution in [-0.4, -0.2) is 38.5 Å². The zero-order chi connectivity index (χ0) is 18.4. The molecular weight excluding hydrogens is 408 g/mol. The lowest BCUT2D eigenvalue weighted by Crippen LogP contribution is -2.24. The number of carbonyl (C=O) groups excluding carboxylic acids is 1. The number of hydrogen-bond acceptors (Lipinski definition) is 4. The second-order valence-corrected chi connectivity index (χ2v) is 8.51. The Kier molecular flexibility index (Phi) is 6.57. The van der Waals surface area contributed by atoms with E-state index in [2.05, 4.69) is 21.2 Å². The molecule has 1 N–H and O–H groups in total. The average molecular weight is 427 g/mol. The number of hydrogen-bond donors (Lipinski definition) is 1. The molecule has 0 bridgehead atoms. The smallest absolute Gasteiger partial charge is 0.262 e. The molecule has 2 aromatic rings. The lowest BCUT2D eigenvalue weighted by atomic mass is 10.2. The van der Waals surface area contributed by atoms with Crippen molar-refractivity contribution in [2.45, 2.75) is 6.54 Å². The average Bonchev–Trinajstić information content (AvgIpc) is 2.55. The Morgan fingerprint density at radius 2 is 1.72 bits per heavy atom. The van der Waals surface area contributed by atoms with Gasteiger partial charge in [0.15, 0.2) is 6.61 Å². The molecule has 8 heteroatoms. The number of sulfonamides is 1. The highest BCUT2D eigenvalue weighted by molar-refractivity contribution is 9.10. The second-order valence-electron chi connectivity index (χ2n) is 5.51. The van der Waals surface area contributed by atoms with Crippen molar-refractivity contribution in [3.8, 4) is 5.75 Å². The van der Waals surface area contributed by atoms with E-state index in [-0.39, 0.29) is 19.1 Å². The monoisotopic (exact) mass is 426 g/mol. The fourth-order valence-corrected chi connectivity index (χ4v) is 2.59. The topological polar surface area (TPSA) is 75.7 Å². The Hall–Kier alpha value is -1.90. The lowest BCUT2D eigenvalue weighted by molar-refractivity contribution is -0.118. The van der Waals surface area contributed by atoms with Crippen molar-refractivity contribution >= 4 is 37.5 Å². The molecule has 1 amide bonds. The summed E-state index contributed by atoms with van der Waals surface area (Å²) in [4.78, 5) is 11.9. The van der Waals surface area contributed by atoms with E-state index in [1.54, 1.807) is 36.4 Å². The van der Waals surface area contributed by atoms with Crippen molar-refractivity contribution in [3.63, 3.8) is 0 Å². The van der Waals surface area contributed by atoms with E-state index in [1.165, 1.54) is 11.4 Å². The van der Waals surface area contributed by atoms with Gasteiger partial charge in [0.05, 0.1) is 6.26 Å². The van der Waals surface area contributed by atoms with Crippen LogP contribution in [0.25, 0.3) is 0 Å². The van der Waals surface area contributed by atoms with Crippen molar-refractivity contribution < 1.29 is 17.9 Å². The molecule has 0 saturated heterocycles. The van der Waals surface area contributed by atoms with Crippen LogP contribution in [0.1, 0.15) is 5.56 Å². The molecule has 0 aliphatic rings. The highest BCUT2D eigenvalue weighted by atomic mass is 79.9. The summed E-state index contributed by atoms with van der Waals surface area (Å²) in [6.45, 7) is 0.168. The molecule has 0 unspecified atom stereocenters. The summed E-state index contributed by atoms with van der Waals surface area (Å²) >= 11 is 3.33. The van der Waals surface area contributed by atoms with E-state index >= 15 is 0 Å². The van der Waals surface area contributed by atoms with E-state index in [0.717, 1.165) is 16.3 Å². The van der Waals surface area contributed by atoms with Gasteiger partial charge >= 0.3 is 0 Å². The summed E-state index contributed by atoms with van der Waals surface area (Å²) in [5.74, 6) is 0.278. The number of nitrogens with zero attached hydrogens (tertiary/aromatic N) is 1. The number of anilines is 1. The van der Waals surface area contributed by atoms with Gasteiger partial charge in [-0.15, -0.1) is 0 Å². The summed E-state index contributed by atoms with van der Waals surface area (Å²) in [5, 5.41) is 2.74. The normalized spacial score (nSPS) is 11.4. The van der Waals surface area contributed by atoms with E-state index in [0.29, 0.717) is 11.4 Å². The molecule has 0 aliphatic carbocycles. The predicted molar refractivity (Wildman–Crippen MR) is 101 cm³/mol. The van der Waals surface area contributed by atoms with Gasteiger partial charge in [0.2, 0.25) is 10.0 Å². The first kappa shape index (κ1) is 19.4. The molecule has 134 valence electrons. The highest BCUT2D eigenvalue weighted by Crippen LogP contribution is 2.16. The Labute approximate surface area is 156 Å². The third-order valence-corrected chi connectivity index (χ3v) is 5.18. The number of ether oxygens (including phenoxy) is 1. The van der Waals surface area contributed by atoms with Crippen LogP contribution in [0.5, 0.6) is 5.75 Å². The van der Waals surface area contributed by atoms with Crippen molar-refractivity contribution in [3.05, 3.63) is 58.6 Å². The van der Waals surface area contributed by atoms with Crippen LogP contribution in [0, 0.1) is 0 Å². The zero-order valence-electron chi connectivity index (χ0n) is 13.9. The van der Waals surface area contributed by atoms with Crippen LogP contribution >= 0.6 is 15.9 Å². The maximum Gasteiger partial charge on any atom is 0.262 e. The minimum atomic E-state index is -3.22. The number of amides is 1. The summed E-state index contributed by atoms with van der Waals surface area (Å²) in [5.41, 5.74) is 1.52. The first-order valence-electron chi connectivity index (χ1n) is 7.42. The number of rotatable bonds is 7. The van der Waals surface area contributed by atoms with Crippen LogP contribution in [-0.2, 0) is 21.4 Å². The van der Waals surface area contributed by atoms with Crippen LogP contribution in [0.2, 0.25) is 0 Å². The van der Waals surface area contributed by atoms with Crippen LogP contribution < -0.4 is 10.1 Å². The van der Waals surface area contributed by atoms with Crippen molar-refractivity contribution in [2.75, 3.05) is 25.2 Å². The van der Waals surface area contributed by atoms with Gasteiger partial charge in [-0.25, -0.2) is 12.7 Å². The fraction of sp³-hybridized carbons (Fsp3) is 0.235. The molecule has 0 radical (unpaired) electrons. The summed E-state index contributed by atoms with van der Waals surface area (Å²) < 4.78 is 30.4. The first-order valence-corrected chi connectivity index (χ1v) is 10.1. The lowest BCUT2D eigenvalue weighted by Gasteiger charge is -2.14. The fourth-order valence-electron chi connectivity index (χ4n) is 1.94. The van der Waals surface area contributed by atoms with Gasteiger partial charge in [-0.05, 0) is 42.0 Å². The van der Waals surface area contributed by atoms with Gasteiger partial charge in [-0.2, -0.15) is 0 Å². The quantitative estimate of drug-likeness (QED) is 0.738. The highest BCUT2D eigenvalue weighted by Gasteiger charge is 2.11. The molecule has 0 saturated carbocycles. The van der Waals surface area contributed by atoms with Gasteiger partial charge in [0.25, 0.3) is 5.91 Å². The molecule has 0 aromatic heterocycles. The molecule has 0 atom stereocenters. The molecule has 2 aromatic carbocycles. The predicted octanol–water partition coefficient (Wildman–Crippen LogP) is 2.86. The number of benzene rings is 2. The van der Waals surface area contributed by atoms with E-state index in [1.807, 2.05) is 12.1 Å². The molecular formula is C17H19BrN2O4S. The standard InChI is InChI=1S/C17H19BrN2O4S/c1-20(25(2,22)23)11-13-3-9-16(10-4-13)24-12-17(21)19-15-7-5-14(18)6-8-15/h3-10H,11-12H2,1-2H3,(H,19,21). The van der Waals surface area contributed by atoms with Crippen LogP contribution in [0.15, 0.2) is 53.0 Å². The maximum atomic E-state index is 11.9. The van der Waals surface area contributed by atoms with E-state index < -0.39 is 10.0 Å². The maximum absolute atomic E-state index is 11.9. The molecule has 25 heavy (non-hydrogen) atoms. The third-order valence-electron chi connectivity index (χ3n) is 3.39. The second kappa shape index (κ2) is 8.46. The van der Waals surface area contributed by atoms with Gasteiger partial charge < -0.3 is 10.1 Å². The minimum Gasteiger partial charge on any atom is -0.484 e. The molecule has 0 spiro atoms. The number of carbonyl (C=O) groups is 1. The zero-order valence-corrected chi connectivity index (χ0v) is 16.3. The summed E-state index contributed by atoms with van der Waals surface area (Å²) in [6.07, 6.45) is 1.16. The molecule has 6 nitrogen and oxygen atoms in total. The Morgan fingerprint density at radius 3 is 2.28 bits per heavy atom. The van der Waals surface area contributed by atoms with Crippen molar-refractivity contribution in [1.82, 2.24) is 4.31 Å². The minimum absolute atomic E-state index is 0.112. The van der Waals surface area contributed by atoms with Gasteiger partial charge in [0, 0.05) is 23.8 Å². The largest absolute Gasteiger partial charge is 0.484 e. The third kappa shape index (κ3) is 6.49. The van der Waals surface area contributed by atoms with Crippen LogP contribution in [0.4, 0.5) is 5.69 Å². The van der Waals surface area contributed by atoms with E-state index in [4.69, 9.17) is 4.74 Å². The molecule has 0 aliphatic heterocycles. The molecule has 2 rings (SSSR count). The Balaban J connectivity index is 1.84.